The van der Waals surface area contributed by atoms with Crippen LogP contribution in [0.1, 0.15) is 30.8 Å². The fourth-order valence-electron chi connectivity index (χ4n) is 1.15. The van der Waals surface area contributed by atoms with Gasteiger partial charge in [0.15, 0.2) is 0 Å². The van der Waals surface area contributed by atoms with E-state index in [1.807, 2.05) is 6.07 Å². The molecule has 0 atom stereocenters. The predicted molar refractivity (Wildman–Crippen MR) is 61.7 cm³/mol. The summed E-state index contributed by atoms with van der Waals surface area (Å²) in [5, 5.41) is 17.0. The van der Waals surface area contributed by atoms with Crippen molar-refractivity contribution in [3.63, 3.8) is 0 Å². The number of carboxylic acid groups (broad SMARTS) is 1. The van der Waals surface area contributed by atoms with Crippen LogP contribution in [0.5, 0.6) is 0 Å². The Morgan fingerprint density at radius 3 is 2.56 bits per heavy atom. The zero-order valence-corrected chi connectivity index (χ0v) is 10.8. The maximum absolute atomic E-state index is 11.8. The molecule has 1 rings (SSSR count). The van der Waals surface area contributed by atoms with E-state index in [1.165, 1.54) is 0 Å². The van der Waals surface area contributed by atoms with E-state index in [9.17, 15) is 13.2 Å². The number of hydrogen-bond donors (Lipinski definition) is 1. The van der Waals surface area contributed by atoms with E-state index < -0.39 is 27.0 Å². The standard InChI is InChI=1S/C11H13NO5S/c1-11(2,7-12)5-6-18(15,16)9-4-3-8(17-9)10(13)14/h3-4H,5-6H2,1-2H3,(H,13,14). The molecule has 1 aromatic rings. The van der Waals surface area contributed by atoms with Gasteiger partial charge in [0.25, 0.3) is 0 Å². The third-order valence-electron chi connectivity index (χ3n) is 2.40. The van der Waals surface area contributed by atoms with Gasteiger partial charge in [0, 0.05) is 0 Å². The Labute approximate surface area is 105 Å². The molecule has 0 aromatic carbocycles. The molecule has 0 saturated carbocycles. The molecule has 0 amide bonds. The van der Waals surface area contributed by atoms with E-state index in [0.717, 1.165) is 12.1 Å². The second-order valence-electron chi connectivity index (χ2n) is 4.49. The van der Waals surface area contributed by atoms with Crippen LogP contribution in [0.2, 0.25) is 0 Å². The van der Waals surface area contributed by atoms with Gasteiger partial charge in [0.1, 0.15) is 0 Å². The van der Waals surface area contributed by atoms with Gasteiger partial charge in [0.05, 0.1) is 17.2 Å². The highest BCUT2D eigenvalue weighted by atomic mass is 32.2. The van der Waals surface area contributed by atoms with Crippen LogP contribution in [0.25, 0.3) is 0 Å². The summed E-state index contributed by atoms with van der Waals surface area (Å²) >= 11 is 0. The number of sulfone groups is 1. The number of aromatic carboxylic acids is 1. The molecule has 1 N–H and O–H groups in total. The largest absolute Gasteiger partial charge is 0.475 e. The number of hydrogen-bond acceptors (Lipinski definition) is 5. The van der Waals surface area contributed by atoms with Crippen molar-refractivity contribution in [1.82, 2.24) is 0 Å². The summed E-state index contributed by atoms with van der Waals surface area (Å²) in [5.74, 6) is -2.01. The summed E-state index contributed by atoms with van der Waals surface area (Å²) in [7, 11) is -3.70. The van der Waals surface area contributed by atoms with Crippen LogP contribution in [0.3, 0.4) is 0 Å². The van der Waals surface area contributed by atoms with Crippen molar-refractivity contribution in [2.75, 3.05) is 5.75 Å². The number of rotatable bonds is 5. The first kappa shape index (κ1) is 14.3. The van der Waals surface area contributed by atoms with Crippen molar-refractivity contribution in [3.8, 4) is 6.07 Å². The van der Waals surface area contributed by atoms with Crippen LogP contribution in [-0.2, 0) is 9.84 Å². The predicted octanol–water partition coefficient (Wildman–Crippen LogP) is 1.69. The molecule has 1 aromatic heterocycles. The second-order valence-corrected chi connectivity index (χ2v) is 6.53. The SMILES string of the molecule is CC(C)(C#N)CCS(=O)(=O)c1ccc(C(=O)O)o1. The molecule has 98 valence electrons. The first-order valence-corrected chi connectivity index (χ1v) is 6.80. The lowest BCUT2D eigenvalue weighted by Crippen LogP contribution is -2.16. The zero-order chi connectivity index (χ0) is 14.0. The van der Waals surface area contributed by atoms with Crippen molar-refractivity contribution in [2.45, 2.75) is 25.4 Å². The smallest absolute Gasteiger partial charge is 0.371 e. The van der Waals surface area contributed by atoms with E-state index in [-0.39, 0.29) is 17.3 Å². The number of carboxylic acids is 1. The fourth-order valence-corrected chi connectivity index (χ4v) is 2.62. The quantitative estimate of drug-likeness (QED) is 0.872. The minimum atomic E-state index is -3.70. The van der Waals surface area contributed by atoms with Crippen molar-refractivity contribution >= 4 is 15.8 Å². The van der Waals surface area contributed by atoms with E-state index in [0.29, 0.717) is 0 Å². The van der Waals surface area contributed by atoms with E-state index in [4.69, 9.17) is 14.8 Å². The number of nitriles is 1. The summed E-state index contributed by atoms with van der Waals surface area (Å²) in [6.45, 7) is 3.26. The summed E-state index contributed by atoms with van der Waals surface area (Å²) in [5.41, 5.74) is -0.755. The summed E-state index contributed by atoms with van der Waals surface area (Å²) in [6.07, 6.45) is 0.148. The molecule has 0 aliphatic heterocycles. The van der Waals surface area contributed by atoms with Gasteiger partial charge < -0.3 is 9.52 Å². The van der Waals surface area contributed by atoms with Crippen molar-refractivity contribution < 1.29 is 22.7 Å². The average Bonchev–Trinajstić information content (AvgIpc) is 2.77. The first-order chi connectivity index (χ1) is 8.18. The molecular weight excluding hydrogens is 258 g/mol. The van der Waals surface area contributed by atoms with E-state index in [2.05, 4.69) is 0 Å². The normalized spacial score (nSPS) is 12.1. The molecule has 0 unspecified atom stereocenters. The van der Waals surface area contributed by atoms with Crippen molar-refractivity contribution in [3.05, 3.63) is 17.9 Å². The summed E-state index contributed by atoms with van der Waals surface area (Å²) in [4.78, 5) is 10.6. The summed E-state index contributed by atoms with van der Waals surface area (Å²) < 4.78 is 28.4. The Hall–Kier alpha value is -1.81. The van der Waals surface area contributed by atoms with Crippen LogP contribution < -0.4 is 0 Å². The van der Waals surface area contributed by atoms with Gasteiger partial charge in [-0.25, -0.2) is 13.2 Å². The molecule has 1 heterocycles. The molecule has 0 radical (unpaired) electrons. The monoisotopic (exact) mass is 271 g/mol. The number of nitrogens with zero attached hydrogens (tertiary/aromatic N) is 1. The van der Waals surface area contributed by atoms with E-state index >= 15 is 0 Å². The van der Waals surface area contributed by atoms with Crippen LogP contribution >= 0.6 is 0 Å². The molecule has 18 heavy (non-hydrogen) atoms. The highest BCUT2D eigenvalue weighted by molar-refractivity contribution is 7.91. The molecular formula is C11H13NO5S. The molecule has 0 fully saturated rings. The number of carbonyl (C=O) groups is 1. The van der Waals surface area contributed by atoms with Gasteiger partial charge in [-0.15, -0.1) is 0 Å². The molecule has 0 aliphatic carbocycles. The van der Waals surface area contributed by atoms with Gasteiger partial charge in [0.2, 0.25) is 20.7 Å². The highest BCUT2D eigenvalue weighted by Crippen LogP contribution is 2.23. The van der Waals surface area contributed by atoms with Crippen LogP contribution in [-0.4, -0.2) is 25.2 Å². The lowest BCUT2D eigenvalue weighted by molar-refractivity contribution is 0.0656. The van der Waals surface area contributed by atoms with Gasteiger partial charge in [-0.1, -0.05) is 0 Å². The van der Waals surface area contributed by atoms with Crippen molar-refractivity contribution in [2.24, 2.45) is 5.41 Å². The molecule has 0 bridgehead atoms. The Kier molecular flexibility index (Phi) is 3.82. The Bertz CT molecular complexity index is 591. The lowest BCUT2D eigenvalue weighted by atomic mass is 9.93. The zero-order valence-electron chi connectivity index (χ0n) is 10.0. The van der Waals surface area contributed by atoms with E-state index in [1.54, 1.807) is 13.8 Å². The lowest BCUT2D eigenvalue weighted by Gasteiger charge is -2.13. The van der Waals surface area contributed by atoms with Gasteiger partial charge >= 0.3 is 5.97 Å². The molecule has 0 aliphatic rings. The third-order valence-corrected chi connectivity index (χ3v) is 3.97. The average molecular weight is 271 g/mol. The number of furan rings is 1. The first-order valence-electron chi connectivity index (χ1n) is 5.15. The Morgan fingerprint density at radius 2 is 2.11 bits per heavy atom. The van der Waals surface area contributed by atoms with Gasteiger partial charge in [-0.3, -0.25) is 0 Å². The maximum Gasteiger partial charge on any atom is 0.371 e. The van der Waals surface area contributed by atoms with Crippen LogP contribution in [0.4, 0.5) is 0 Å². The molecule has 7 heteroatoms. The third kappa shape index (κ3) is 3.34. The summed E-state index contributed by atoms with van der Waals surface area (Å²) in [6, 6.07) is 4.20. The Morgan fingerprint density at radius 1 is 1.50 bits per heavy atom. The highest BCUT2D eigenvalue weighted by Gasteiger charge is 2.25. The topological polar surface area (TPSA) is 108 Å². The second kappa shape index (κ2) is 4.82. The fraction of sp³-hybridized carbons (Fsp3) is 0.455. The van der Waals surface area contributed by atoms with Gasteiger partial charge in [-0.05, 0) is 32.4 Å². The van der Waals surface area contributed by atoms with Gasteiger partial charge in [-0.2, -0.15) is 5.26 Å². The Balaban J connectivity index is 2.87. The van der Waals surface area contributed by atoms with Crippen molar-refractivity contribution in [1.29, 1.82) is 5.26 Å². The minimum Gasteiger partial charge on any atom is -0.475 e. The molecule has 6 nitrogen and oxygen atoms in total. The maximum atomic E-state index is 11.8. The molecule has 0 saturated heterocycles. The van der Waals surface area contributed by atoms with Crippen LogP contribution in [0, 0.1) is 16.7 Å². The van der Waals surface area contributed by atoms with Crippen LogP contribution in [0.15, 0.2) is 21.6 Å². The molecule has 0 spiro atoms. The minimum absolute atomic E-state index is 0.148.